The molecule has 2 aromatic rings. The van der Waals surface area contributed by atoms with Gasteiger partial charge < -0.3 is 21.3 Å². The number of hydrogen-bond acceptors (Lipinski definition) is 6. The Morgan fingerprint density at radius 2 is 1.70 bits per heavy atom. The highest BCUT2D eigenvalue weighted by Crippen LogP contribution is 2.17. The van der Waals surface area contributed by atoms with Gasteiger partial charge in [0.25, 0.3) is 0 Å². The lowest BCUT2D eigenvalue weighted by Crippen LogP contribution is -2.29. The molecule has 27 heavy (non-hydrogen) atoms. The second-order valence-corrected chi connectivity index (χ2v) is 6.77. The maximum atomic E-state index is 9.12. The van der Waals surface area contributed by atoms with Crippen molar-refractivity contribution in [2.24, 2.45) is 0 Å². The molecule has 6 heteroatoms. The Morgan fingerprint density at radius 3 is 2.33 bits per heavy atom. The van der Waals surface area contributed by atoms with Crippen molar-refractivity contribution in [2.75, 3.05) is 43.9 Å². The van der Waals surface area contributed by atoms with Crippen molar-refractivity contribution in [3.8, 4) is 0 Å². The zero-order valence-electron chi connectivity index (χ0n) is 16.2. The number of nitrogens with two attached hydrogens (primary N) is 1. The van der Waals surface area contributed by atoms with E-state index in [9.17, 15) is 0 Å². The van der Waals surface area contributed by atoms with Crippen molar-refractivity contribution in [2.45, 2.75) is 32.7 Å². The number of nitrogens with one attached hydrogen (secondary N) is 1. The minimum absolute atomic E-state index is 0.0911. The smallest absolute Gasteiger partial charge is 0.125 e. The topological polar surface area (TPSA) is 94.6 Å². The maximum absolute atomic E-state index is 9.12. The van der Waals surface area contributed by atoms with E-state index in [2.05, 4.69) is 47.6 Å². The number of nitrogens with zero attached hydrogens (tertiary/aromatic N) is 2. The lowest BCUT2D eigenvalue weighted by molar-refractivity contribution is 0.156. The molecular weight excluding hydrogens is 340 g/mol. The van der Waals surface area contributed by atoms with E-state index in [1.54, 1.807) is 0 Å². The standard InChI is InChI=1S/C21H32N4O2/c1-2-3-8-23-19-14-20(24-21(22)15-19)13-17-4-6-18(7-5-17)16-25(9-11-26)10-12-27/h4-7,14-15,26-27H,2-3,8-13,16H2,1H3,(H3,22,23,24). The van der Waals surface area contributed by atoms with Gasteiger partial charge in [-0.25, -0.2) is 4.98 Å². The summed E-state index contributed by atoms with van der Waals surface area (Å²) < 4.78 is 0. The first kappa shape index (κ1) is 21.2. The molecular formula is C21H32N4O2. The van der Waals surface area contributed by atoms with Gasteiger partial charge in [0.05, 0.1) is 13.2 Å². The quantitative estimate of drug-likeness (QED) is 0.427. The summed E-state index contributed by atoms with van der Waals surface area (Å²) in [5.74, 6) is 0.534. The summed E-state index contributed by atoms with van der Waals surface area (Å²) in [5.41, 5.74) is 10.3. The molecule has 0 aliphatic heterocycles. The number of nitrogen functional groups attached to an aromatic ring is 1. The third-order valence-corrected chi connectivity index (χ3v) is 4.40. The SMILES string of the molecule is CCCCNc1cc(N)nc(Cc2ccc(CN(CCO)CCO)cc2)c1. The molecule has 5 N–H and O–H groups in total. The lowest BCUT2D eigenvalue weighted by atomic mass is 10.1. The van der Waals surface area contributed by atoms with Gasteiger partial charge in [-0.2, -0.15) is 0 Å². The van der Waals surface area contributed by atoms with Crippen molar-refractivity contribution in [1.82, 2.24) is 9.88 Å². The normalized spacial score (nSPS) is 11.1. The highest BCUT2D eigenvalue weighted by molar-refractivity contribution is 5.52. The molecule has 0 unspecified atom stereocenters. The summed E-state index contributed by atoms with van der Waals surface area (Å²) in [7, 11) is 0. The Labute approximate surface area is 162 Å². The second-order valence-electron chi connectivity index (χ2n) is 6.77. The van der Waals surface area contributed by atoms with Crippen LogP contribution in [0, 0.1) is 0 Å². The van der Waals surface area contributed by atoms with E-state index in [0.717, 1.165) is 42.8 Å². The molecule has 0 saturated carbocycles. The summed E-state index contributed by atoms with van der Waals surface area (Å²) in [6.45, 7) is 5.12. The van der Waals surface area contributed by atoms with Crippen molar-refractivity contribution in [1.29, 1.82) is 0 Å². The van der Waals surface area contributed by atoms with Gasteiger partial charge in [0.1, 0.15) is 5.82 Å². The Kier molecular flexibility index (Phi) is 9.04. The predicted molar refractivity (Wildman–Crippen MR) is 111 cm³/mol. The number of anilines is 2. The minimum atomic E-state index is 0.0911. The van der Waals surface area contributed by atoms with Crippen LogP contribution in [0.1, 0.15) is 36.6 Å². The van der Waals surface area contributed by atoms with Gasteiger partial charge in [-0.1, -0.05) is 37.6 Å². The fraction of sp³-hybridized carbons (Fsp3) is 0.476. The van der Waals surface area contributed by atoms with Crippen LogP contribution in [-0.2, 0) is 13.0 Å². The number of aliphatic hydroxyl groups is 2. The number of rotatable bonds is 12. The fourth-order valence-corrected chi connectivity index (χ4v) is 3.00. The number of aromatic nitrogens is 1. The number of pyridine rings is 1. The number of unbranched alkanes of at least 4 members (excludes halogenated alkanes) is 1. The van der Waals surface area contributed by atoms with Crippen molar-refractivity contribution in [3.05, 3.63) is 53.2 Å². The summed E-state index contributed by atoms with van der Waals surface area (Å²) in [6.07, 6.45) is 3.01. The first-order valence-electron chi connectivity index (χ1n) is 9.66. The third kappa shape index (κ3) is 7.54. The van der Waals surface area contributed by atoms with Crippen molar-refractivity contribution < 1.29 is 10.2 Å². The predicted octanol–water partition coefficient (Wildman–Crippen LogP) is 2.25. The molecule has 2 rings (SSSR count). The zero-order chi connectivity index (χ0) is 19.5. The summed E-state index contributed by atoms with van der Waals surface area (Å²) in [5, 5.41) is 21.6. The van der Waals surface area contributed by atoms with Crippen molar-refractivity contribution >= 4 is 11.5 Å². The van der Waals surface area contributed by atoms with Crippen LogP contribution in [0.3, 0.4) is 0 Å². The van der Waals surface area contributed by atoms with E-state index in [1.807, 2.05) is 11.0 Å². The Balaban J connectivity index is 1.99. The monoisotopic (exact) mass is 372 g/mol. The molecule has 0 spiro atoms. The molecule has 0 aliphatic carbocycles. The van der Waals surface area contributed by atoms with E-state index in [-0.39, 0.29) is 13.2 Å². The van der Waals surface area contributed by atoms with Crippen LogP contribution in [-0.4, -0.2) is 52.9 Å². The van der Waals surface area contributed by atoms with E-state index in [0.29, 0.717) is 25.5 Å². The highest BCUT2D eigenvalue weighted by Gasteiger charge is 2.06. The van der Waals surface area contributed by atoms with Gasteiger partial charge in [0.2, 0.25) is 0 Å². The largest absolute Gasteiger partial charge is 0.395 e. The van der Waals surface area contributed by atoms with Gasteiger partial charge in [-0.3, -0.25) is 4.90 Å². The molecule has 0 aliphatic rings. The Morgan fingerprint density at radius 1 is 1.04 bits per heavy atom. The van der Waals surface area contributed by atoms with Gasteiger partial charge in [-0.05, 0) is 23.6 Å². The van der Waals surface area contributed by atoms with Gasteiger partial charge in [0.15, 0.2) is 0 Å². The molecule has 0 atom stereocenters. The van der Waals surface area contributed by atoms with Gasteiger partial charge in [-0.15, -0.1) is 0 Å². The molecule has 6 nitrogen and oxygen atoms in total. The highest BCUT2D eigenvalue weighted by atomic mass is 16.3. The first-order chi connectivity index (χ1) is 13.1. The van der Waals surface area contributed by atoms with E-state index in [1.165, 1.54) is 5.56 Å². The van der Waals surface area contributed by atoms with Crippen LogP contribution < -0.4 is 11.1 Å². The fourth-order valence-electron chi connectivity index (χ4n) is 3.00. The van der Waals surface area contributed by atoms with E-state index < -0.39 is 0 Å². The number of benzene rings is 1. The maximum Gasteiger partial charge on any atom is 0.125 e. The van der Waals surface area contributed by atoms with Crippen LogP contribution >= 0.6 is 0 Å². The summed E-state index contributed by atoms with van der Waals surface area (Å²) in [4.78, 5) is 6.48. The molecule has 0 bridgehead atoms. The molecule has 0 saturated heterocycles. The molecule has 0 amide bonds. The molecule has 0 radical (unpaired) electrons. The van der Waals surface area contributed by atoms with Crippen LogP contribution in [0.15, 0.2) is 36.4 Å². The average molecular weight is 373 g/mol. The van der Waals surface area contributed by atoms with E-state index in [4.69, 9.17) is 15.9 Å². The second kappa shape index (κ2) is 11.5. The molecule has 1 heterocycles. The molecule has 148 valence electrons. The Bertz CT molecular complexity index is 670. The number of hydrogen-bond donors (Lipinski definition) is 4. The number of aliphatic hydroxyl groups excluding tert-OH is 2. The zero-order valence-corrected chi connectivity index (χ0v) is 16.2. The van der Waals surface area contributed by atoms with Gasteiger partial charge >= 0.3 is 0 Å². The van der Waals surface area contributed by atoms with Crippen LogP contribution in [0.5, 0.6) is 0 Å². The van der Waals surface area contributed by atoms with Crippen molar-refractivity contribution in [3.63, 3.8) is 0 Å². The van der Waals surface area contributed by atoms with Crippen LogP contribution in [0.4, 0.5) is 11.5 Å². The van der Waals surface area contributed by atoms with Crippen LogP contribution in [0.2, 0.25) is 0 Å². The van der Waals surface area contributed by atoms with E-state index >= 15 is 0 Å². The van der Waals surface area contributed by atoms with Gasteiger partial charge in [0, 0.05) is 50.0 Å². The lowest BCUT2D eigenvalue weighted by Gasteiger charge is -2.20. The minimum Gasteiger partial charge on any atom is -0.395 e. The third-order valence-electron chi connectivity index (χ3n) is 4.40. The molecule has 1 aromatic carbocycles. The Hall–Kier alpha value is -2.15. The molecule has 0 fully saturated rings. The summed E-state index contributed by atoms with van der Waals surface area (Å²) >= 11 is 0. The average Bonchev–Trinajstić information content (AvgIpc) is 2.64. The summed E-state index contributed by atoms with van der Waals surface area (Å²) in [6, 6.07) is 12.3. The molecule has 1 aromatic heterocycles. The first-order valence-corrected chi connectivity index (χ1v) is 9.66. The van der Waals surface area contributed by atoms with Crippen LogP contribution in [0.25, 0.3) is 0 Å².